The smallest absolute Gasteiger partial charge is 0.333 e. The molecular formula is C21H15FN2O4. The normalized spacial score (nSPS) is 11.3. The Balaban J connectivity index is 1.77. The van der Waals surface area contributed by atoms with Crippen LogP contribution >= 0.6 is 0 Å². The van der Waals surface area contributed by atoms with E-state index in [1.165, 1.54) is 24.5 Å². The Bertz CT molecular complexity index is 1010. The van der Waals surface area contributed by atoms with Crippen LogP contribution in [-0.2, 0) is 16.1 Å². The van der Waals surface area contributed by atoms with Gasteiger partial charge in [-0.3, -0.25) is 4.79 Å². The first-order valence-electron chi connectivity index (χ1n) is 8.33. The quantitative estimate of drug-likeness (QED) is 0.663. The lowest BCUT2D eigenvalue weighted by Crippen LogP contribution is -2.34. The summed E-state index contributed by atoms with van der Waals surface area (Å²) in [5, 5.41) is 11.5. The number of hydrogen-bond acceptors (Lipinski definition) is 5. The van der Waals surface area contributed by atoms with Crippen LogP contribution in [0.15, 0.2) is 71.3 Å². The second-order valence-electron chi connectivity index (χ2n) is 5.82. The molecule has 3 aromatic rings. The van der Waals surface area contributed by atoms with Crippen molar-refractivity contribution in [1.82, 2.24) is 5.32 Å². The molecule has 28 heavy (non-hydrogen) atoms. The molecule has 140 valence electrons. The predicted octanol–water partition coefficient (Wildman–Crippen LogP) is 3.50. The molecule has 1 atom stereocenters. The van der Waals surface area contributed by atoms with Crippen LogP contribution in [0, 0.1) is 17.1 Å². The van der Waals surface area contributed by atoms with Crippen molar-refractivity contribution in [2.75, 3.05) is 0 Å². The zero-order valence-electron chi connectivity index (χ0n) is 14.6. The van der Waals surface area contributed by atoms with E-state index < -0.39 is 23.7 Å². The fourth-order valence-electron chi connectivity index (χ4n) is 2.52. The average Bonchev–Trinajstić information content (AvgIpc) is 3.26. The maximum absolute atomic E-state index is 13.9. The molecule has 1 aromatic heterocycles. The molecule has 2 aromatic carbocycles. The Hall–Kier alpha value is -3.92. The molecule has 0 spiro atoms. The minimum Gasteiger partial charge on any atom is -0.459 e. The van der Waals surface area contributed by atoms with Crippen LogP contribution in [0.2, 0.25) is 0 Å². The maximum atomic E-state index is 13.9. The molecule has 1 amide bonds. The molecule has 3 rings (SSSR count). The van der Waals surface area contributed by atoms with E-state index in [0.717, 1.165) is 6.07 Å². The fraction of sp³-hybridized carbons (Fsp3) is 0.0952. The van der Waals surface area contributed by atoms with Crippen LogP contribution in [0.3, 0.4) is 0 Å². The van der Waals surface area contributed by atoms with Crippen LogP contribution in [0.5, 0.6) is 0 Å². The summed E-state index contributed by atoms with van der Waals surface area (Å²) in [4.78, 5) is 24.9. The molecule has 0 fully saturated rings. The van der Waals surface area contributed by atoms with E-state index in [0.29, 0.717) is 5.56 Å². The third kappa shape index (κ3) is 4.43. The fourth-order valence-corrected chi connectivity index (χ4v) is 2.52. The minimum absolute atomic E-state index is 0.0431. The summed E-state index contributed by atoms with van der Waals surface area (Å²) >= 11 is 0. The van der Waals surface area contributed by atoms with Crippen LogP contribution < -0.4 is 5.32 Å². The maximum Gasteiger partial charge on any atom is 0.333 e. The Kier molecular flexibility index (Phi) is 5.82. The number of esters is 1. The number of rotatable bonds is 6. The van der Waals surface area contributed by atoms with Crippen molar-refractivity contribution >= 4 is 11.9 Å². The largest absolute Gasteiger partial charge is 0.459 e. The number of nitrogens with one attached hydrogen (secondary N) is 1. The van der Waals surface area contributed by atoms with Gasteiger partial charge in [0.25, 0.3) is 5.91 Å². The molecule has 0 saturated heterocycles. The van der Waals surface area contributed by atoms with E-state index in [9.17, 15) is 14.0 Å². The van der Waals surface area contributed by atoms with Crippen molar-refractivity contribution < 1.29 is 23.1 Å². The SMILES string of the molecule is N#Cc1ccc(F)c(COC(=O)C(NC(=O)c2ccco2)c2ccccc2)c1. The Labute approximate surface area is 160 Å². The number of halogens is 1. The summed E-state index contributed by atoms with van der Waals surface area (Å²) < 4.78 is 24.1. The van der Waals surface area contributed by atoms with Gasteiger partial charge < -0.3 is 14.5 Å². The summed E-state index contributed by atoms with van der Waals surface area (Å²) in [5.74, 6) is -1.91. The van der Waals surface area contributed by atoms with Crippen LogP contribution in [0.1, 0.15) is 33.3 Å². The van der Waals surface area contributed by atoms with Crippen LogP contribution in [0.4, 0.5) is 4.39 Å². The molecule has 0 radical (unpaired) electrons. The summed E-state index contributed by atoms with van der Waals surface area (Å²) in [7, 11) is 0. The summed E-state index contributed by atoms with van der Waals surface area (Å²) in [6.45, 7) is -0.375. The highest BCUT2D eigenvalue weighted by molar-refractivity contribution is 5.94. The van der Waals surface area contributed by atoms with Gasteiger partial charge in [0.15, 0.2) is 11.8 Å². The summed E-state index contributed by atoms with van der Waals surface area (Å²) in [6.07, 6.45) is 1.34. The second-order valence-corrected chi connectivity index (χ2v) is 5.82. The van der Waals surface area contributed by atoms with E-state index >= 15 is 0 Å². The number of furan rings is 1. The monoisotopic (exact) mass is 378 g/mol. The van der Waals surface area contributed by atoms with Gasteiger partial charge in [0.1, 0.15) is 12.4 Å². The molecule has 1 N–H and O–H groups in total. The molecule has 6 nitrogen and oxygen atoms in total. The molecule has 0 saturated carbocycles. The first kappa shape index (κ1) is 18.9. The number of amides is 1. The number of hydrogen-bond donors (Lipinski definition) is 1. The Morgan fingerprint density at radius 2 is 1.93 bits per heavy atom. The number of nitrogens with zero attached hydrogens (tertiary/aromatic N) is 1. The van der Waals surface area contributed by atoms with Crippen molar-refractivity contribution in [2.45, 2.75) is 12.6 Å². The molecular weight excluding hydrogens is 363 g/mol. The average molecular weight is 378 g/mol. The zero-order chi connectivity index (χ0) is 19.9. The van der Waals surface area contributed by atoms with E-state index in [2.05, 4.69) is 5.32 Å². The third-order valence-electron chi connectivity index (χ3n) is 3.93. The van der Waals surface area contributed by atoms with Crippen molar-refractivity contribution in [1.29, 1.82) is 5.26 Å². The van der Waals surface area contributed by atoms with Gasteiger partial charge in [0.05, 0.1) is 17.9 Å². The number of ether oxygens (including phenoxy) is 1. The van der Waals surface area contributed by atoms with E-state index in [1.54, 1.807) is 36.4 Å². The molecule has 7 heteroatoms. The highest BCUT2D eigenvalue weighted by Gasteiger charge is 2.26. The van der Waals surface area contributed by atoms with Crippen LogP contribution in [0.25, 0.3) is 0 Å². The van der Waals surface area contributed by atoms with Gasteiger partial charge in [0.2, 0.25) is 0 Å². The van der Waals surface area contributed by atoms with Gasteiger partial charge in [-0.15, -0.1) is 0 Å². The predicted molar refractivity (Wildman–Crippen MR) is 96.3 cm³/mol. The topological polar surface area (TPSA) is 92.3 Å². The van der Waals surface area contributed by atoms with Crippen molar-refractivity contribution in [3.63, 3.8) is 0 Å². The third-order valence-corrected chi connectivity index (χ3v) is 3.93. The molecule has 0 aliphatic carbocycles. The molecule has 0 aliphatic rings. The summed E-state index contributed by atoms with van der Waals surface area (Å²) in [6, 6.07) is 16.1. The molecule has 1 unspecified atom stereocenters. The number of carbonyl (C=O) groups is 2. The standard InChI is InChI=1S/C21H15FN2O4/c22-17-9-8-14(12-23)11-16(17)13-28-21(26)19(15-5-2-1-3-6-15)24-20(25)18-7-4-10-27-18/h1-11,19H,13H2,(H,24,25). The highest BCUT2D eigenvalue weighted by atomic mass is 19.1. The first-order valence-corrected chi connectivity index (χ1v) is 8.33. The first-order chi connectivity index (χ1) is 13.6. The summed E-state index contributed by atoms with van der Waals surface area (Å²) in [5.41, 5.74) is 0.813. The van der Waals surface area contributed by atoms with E-state index in [-0.39, 0.29) is 23.5 Å². The number of nitriles is 1. The van der Waals surface area contributed by atoms with Crippen molar-refractivity contribution in [2.24, 2.45) is 0 Å². The van der Waals surface area contributed by atoms with E-state index in [4.69, 9.17) is 14.4 Å². The van der Waals surface area contributed by atoms with Crippen LogP contribution in [-0.4, -0.2) is 11.9 Å². The lowest BCUT2D eigenvalue weighted by Gasteiger charge is -2.17. The number of carbonyl (C=O) groups excluding carboxylic acids is 2. The zero-order valence-corrected chi connectivity index (χ0v) is 14.6. The van der Waals surface area contributed by atoms with Gasteiger partial charge in [-0.05, 0) is 35.9 Å². The second kappa shape index (κ2) is 8.64. The van der Waals surface area contributed by atoms with E-state index in [1.807, 2.05) is 6.07 Å². The molecule has 1 heterocycles. The lowest BCUT2D eigenvalue weighted by atomic mass is 10.1. The number of benzene rings is 2. The van der Waals surface area contributed by atoms with Crippen molar-refractivity contribution in [3.05, 3.63) is 95.2 Å². The van der Waals surface area contributed by atoms with Gasteiger partial charge >= 0.3 is 5.97 Å². The van der Waals surface area contributed by atoms with Gasteiger partial charge in [-0.2, -0.15) is 5.26 Å². The van der Waals surface area contributed by atoms with Gasteiger partial charge in [0, 0.05) is 5.56 Å². The van der Waals surface area contributed by atoms with Crippen molar-refractivity contribution in [3.8, 4) is 6.07 Å². The van der Waals surface area contributed by atoms with Gasteiger partial charge in [-0.1, -0.05) is 30.3 Å². The molecule has 0 bridgehead atoms. The highest BCUT2D eigenvalue weighted by Crippen LogP contribution is 2.18. The minimum atomic E-state index is -1.11. The Morgan fingerprint density at radius 1 is 1.14 bits per heavy atom. The van der Waals surface area contributed by atoms with Gasteiger partial charge in [-0.25, -0.2) is 9.18 Å². The Morgan fingerprint density at radius 3 is 2.61 bits per heavy atom. The lowest BCUT2D eigenvalue weighted by molar-refractivity contribution is -0.147. The molecule has 0 aliphatic heterocycles.